The number of methoxy groups -OCH3 is 1. The molecule has 0 spiro atoms. The van der Waals surface area contributed by atoms with Gasteiger partial charge in [-0.15, -0.1) is 0 Å². The number of hydrogen-bond acceptors (Lipinski definition) is 3. The van der Waals surface area contributed by atoms with Crippen LogP contribution < -0.4 is 10.1 Å². The van der Waals surface area contributed by atoms with Crippen LogP contribution in [0.4, 0.5) is 0 Å². The van der Waals surface area contributed by atoms with E-state index in [0.717, 1.165) is 12.3 Å². The molecule has 0 amide bonds. The van der Waals surface area contributed by atoms with Crippen molar-refractivity contribution in [3.63, 3.8) is 0 Å². The van der Waals surface area contributed by atoms with Gasteiger partial charge >= 0.3 is 0 Å². The highest BCUT2D eigenvalue weighted by Gasteiger charge is 2.31. The second-order valence-electron chi connectivity index (χ2n) is 5.97. The second kappa shape index (κ2) is 6.40. The van der Waals surface area contributed by atoms with Crippen LogP contribution in [0.15, 0.2) is 24.3 Å². The van der Waals surface area contributed by atoms with E-state index in [1.54, 1.807) is 7.11 Å². The van der Waals surface area contributed by atoms with Gasteiger partial charge in [0.15, 0.2) is 0 Å². The Morgan fingerprint density at radius 2 is 2.11 bits per heavy atom. The van der Waals surface area contributed by atoms with Gasteiger partial charge < -0.3 is 15.0 Å². The summed E-state index contributed by atoms with van der Waals surface area (Å²) >= 11 is 0. The predicted octanol–water partition coefficient (Wildman–Crippen LogP) is 2.48. The van der Waals surface area contributed by atoms with Crippen LogP contribution in [0.3, 0.4) is 0 Å². The van der Waals surface area contributed by atoms with Gasteiger partial charge in [-0.3, -0.25) is 0 Å². The fourth-order valence-corrected chi connectivity index (χ4v) is 2.92. The summed E-state index contributed by atoms with van der Waals surface area (Å²) in [5, 5.41) is 3.70. The van der Waals surface area contributed by atoms with Crippen LogP contribution in [0.2, 0.25) is 0 Å². The lowest BCUT2D eigenvalue weighted by atomic mass is 9.75. The zero-order chi connectivity index (χ0) is 13.8. The molecule has 1 N–H and O–H groups in total. The van der Waals surface area contributed by atoms with Gasteiger partial charge in [-0.1, -0.05) is 12.1 Å². The molecule has 1 saturated carbocycles. The lowest BCUT2D eigenvalue weighted by molar-refractivity contribution is 0.245. The third kappa shape index (κ3) is 3.95. The van der Waals surface area contributed by atoms with Gasteiger partial charge in [0, 0.05) is 18.6 Å². The van der Waals surface area contributed by atoms with Crippen molar-refractivity contribution in [1.82, 2.24) is 10.2 Å². The van der Waals surface area contributed by atoms with E-state index in [2.05, 4.69) is 49.4 Å². The topological polar surface area (TPSA) is 24.5 Å². The van der Waals surface area contributed by atoms with Gasteiger partial charge in [-0.25, -0.2) is 0 Å². The smallest absolute Gasteiger partial charge is 0.119 e. The van der Waals surface area contributed by atoms with Crippen molar-refractivity contribution in [3.05, 3.63) is 29.8 Å². The number of nitrogens with one attached hydrogen (secondary N) is 1. The number of rotatable bonds is 6. The highest BCUT2D eigenvalue weighted by molar-refractivity contribution is 5.32. The first kappa shape index (κ1) is 14.4. The molecular formula is C16H26N2O. The van der Waals surface area contributed by atoms with Crippen molar-refractivity contribution in [1.29, 1.82) is 0 Å². The van der Waals surface area contributed by atoms with E-state index in [9.17, 15) is 0 Å². The first-order valence-electron chi connectivity index (χ1n) is 7.13. The molecule has 0 aromatic heterocycles. The van der Waals surface area contributed by atoms with Gasteiger partial charge in [0.05, 0.1) is 7.11 Å². The van der Waals surface area contributed by atoms with Crippen LogP contribution in [0.5, 0.6) is 5.75 Å². The number of likely N-dealkylation sites (N-methyl/N-ethyl adjacent to an activating group) is 1. The highest BCUT2D eigenvalue weighted by atomic mass is 16.5. The van der Waals surface area contributed by atoms with Crippen molar-refractivity contribution < 1.29 is 4.74 Å². The molecule has 0 heterocycles. The number of hydrogen-bond donors (Lipinski definition) is 1. The lowest BCUT2D eigenvalue weighted by Gasteiger charge is -2.38. The van der Waals surface area contributed by atoms with E-state index in [1.165, 1.54) is 18.4 Å². The predicted molar refractivity (Wildman–Crippen MR) is 79.9 cm³/mol. The van der Waals surface area contributed by atoms with Crippen molar-refractivity contribution in [2.45, 2.75) is 37.8 Å². The molecule has 1 fully saturated rings. The molecule has 0 aliphatic heterocycles. The fraction of sp³-hybridized carbons (Fsp3) is 0.625. The van der Waals surface area contributed by atoms with E-state index >= 15 is 0 Å². The summed E-state index contributed by atoms with van der Waals surface area (Å²) in [4.78, 5) is 2.23. The summed E-state index contributed by atoms with van der Waals surface area (Å²) in [6.45, 7) is 3.36. The average molecular weight is 262 g/mol. The Hall–Kier alpha value is -1.06. The summed E-state index contributed by atoms with van der Waals surface area (Å²) in [7, 11) is 5.98. The lowest BCUT2D eigenvalue weighted by Crippen LogP contribution is -2.47. The molecule has 1 unspecified atom stereocenters. The molecule has 2 rings (SSSR count). The van der Waals surface area contributed by atoms with Gasteiger partial charge in [0.1, 0.15) is 5.75 Å². The molecular weight excluding hydrogens is 236 g/mol. The van der Waals surface area contributed by atoms with E-state index in [4.69, 9.17) is 4.74 Å². The maximum atomic E-state index is 5.29. The van der Waals surface area contributed by atoms with Gasteiger partial charge in [-0.05, 0) is 57.5 Å². The van der Waals surface area contributed by atoms with Gasteiger partial charge in [0.2, 0.25) is 0 Å². The Balaban J connectivity index is 1.79. The zero-order valence-electron chi connectivity index (χ0n) is 12.5. The summed E-state index contributed by atoms with van der Waals surface area (Å²) in [5.41, 5.74) is 1.41. The SMILES string of the molecule is COc1cccc(C2CC(NC(C)CN(C)C)C2)c1. The number of benzene rings is 1. The first-order valence-corrected chi connectivity index (χ1v) is 7.13. The molecule has 0 radical (unpaired) electrons. The average Bonchev–Trinajstić information content (AvgIpc) is 2.32. The van der Waals surface area contributed by atoms with Gasteiger partial charge in [0.25, 0.3) is 0 Å². The Morgan fingerprint density at radius 3 is 2.74 bits per heavy atom. The first-order chi connectivity index (χ1) is 9.08. The maximum absolute atomic E-state index is 5.29. The third-order valence-electron chi connectivity index (χ3n) is 3.86. The minimum absolute atomic E-state index is 0.561. The highest BCUT2D eigenvalue weighted by Crippen LogP contribution is 2.38. The van der Waals surface area contributed by atoms with Crippen LogP contribution in [0, 0.1) is 0 Å². The van der Waals surface area contributed by atoms with E-state index in [-0.39, 0.29) is 0 Å². The molecule has 19 heavy (non-hydrogen) atoms. The van der Waals surface area contributed by atoms with Crippen molar-refractivity contribution in [2.75, 3.05) is 27.7 Å². The summed E-state index contributed by atoms with van der Waals surface area (Å²) < 4.78 is 5.29. The quantitative estimate of drug-likeness (QED) is 0.852. The largest absolute Gasteiger partial charge is 0.497 e. The van der Waals surface area contributed by atoms with E-state index in [0.29, 0.717) is 18.0 Å². The Bertz CT molecular complexity index is 399. The minimum atomic E-state index is 0.561. The van der Waals surface area contributed by atoms with Crippen LogP contribution >= 0.6 is 0 Å². The zero-order valence-corrected chi connectivity index (χ0v) is 12.5. The molecule has 3 nitrogen and oxygen atoms in total. The maximum Gasteiger partial charge on any atom is 0.119 e. The van der Waals surface area contributed by atoms with Crippen molar-refractivity contribution >= 4 is 0 Å². The Morgan fingerprint density at radius 1 is 1.37 bits per heavy atom. The molecule has 3 heteroatoms. The standard InChI is InChI=1S/C16H26N2O/c1-12(11-18(2)3)17-15-8-14(9-15)13-6-5-7-16(10-13)19-4/h5-7,10,12,14-15,17H,8-9,11H2,1-4H3. The molecule has 1 aliphatic rings. The van der Waals surface area contributed by atoms with Gasteiger partial charge in [-0.2, -0.15) is 0 Å². The number of ether oxygens (including phenoxy) is 1. The molecule has 1 atom stereocenters. The Labute approximate surface area is 116 Å². The minimum Gasteiger partial charge on any atom is -0.497 e. The van der Waals surface area contributed by atoms with Crippen LogP contribution in [0.1, 0.15) is 31.2 Å². The molecule has 1 aromatic rings. The third-order valence-corrected chi connectivity index (χ3v) is 3.86. The van der Waals surface area contributed by atoms with Crippen molar-refractivity contribution in [2.24, 2.45) is 0 Å². The summed E-state index contributed by atoms with van der Waals surface area (Å²) in [6, 6.07) is 9.72. The molecule has 1 aliphatic carbocycles. The van der Waals surface area contributed by atoms with Crippen molar-refractivity contribution in [3.8, 4) is 5.75 Å². The van der Waals surface area contributed by atoms with E-state index < -0.39 is 0 Å². The Kier molecular flexibility index (Phi) is 4.83. The molecule has 0 bridgehead atoms. The molecule has 106 valence electrons. The van der Waals surface area contributed by atoms with Crippen LogP contribution in [-0.4, -0.2) is 44.7 Å². The fourth-order valence-electron chi connectivity index (χ4n) is 2.92. The van der Waals surface area contributed by atoms with Crippen LogP contribution in [-0.2, 0) is 0 Å². The molecule has 0 saturated heterocycles. The summed E-state index contributed by atoms with van der Waals surface area (Å²) in [6.07, 6.45) is 2.48. The number of nitrogens with zero attached hydrogens (tertiary/aromatic N) is 1. The molecule has 1 aromatic carbocycles. The normalized spacial score (nSPS) is 24.1. The monoisotopic (exact) mass is 262 g/mol. The van der Waals surface area contributed by atoms with E-state index in [1.807, 2.05) is 6.07 Å². The summed E-state index contributed by atoms with van der Waals surface area (Å²) in [5.74, 6) is 1.66. The second-order valence-corrected chi connectivity index (χ2v) is 5.97. The van der Waals surface area contributed by atoms with Crippen LogP contribution in [0.25, 0.3) is 0 Å².